The molecule has 1 atom stereocenters. The number of nitrogens with zero attached hydrogens (tertiary/aromatic N) is 2. The Labute approximate surface area is 74.8 Å². The van der Waals surface area contributed by atoms with Crippen LogP contribution >= 0.6 is 15.9 Å². The van der Waals surface area contributed by atoms with Gasteiger partial charge in [0.15, 0.2) is 0 Å². The molecule has 0 amide bonds. The first kappa shape index (κ1) is 7.35. The highest BCUT2D eigenvalue weighted by Crippen LogP contribution is 2.25. The molecule has 3 heteroatoms. The van der Waals surface area contributed by atoms with Gasteiger partial charge in [-0.2, -0.15) is 0 Å². The lowest BCUT2D eigenvalue weighted by Gasteiger charge is -2.23. The van der Waals surface area contributed by atoms with Gasteiger partial charge in [-0.05, 0) is 19.3 Å². The Kier molecular flexibility index (Phi) is 1.98. The van der Waals surface area contributed by atoms with E-state index in [1.54, 1.807) is 0 Å². The van der Waals surface area contributed by atoms with Gasteiger partial charge >= 0.3 is 0 Å². The molecule has 0 aliphatic carbocycles. The zero-order chi connectivity index (χ0) is 7.68. The predicted molar refractivity (Wildman–Crippen MR) is 48.0 cm³/mol. The van der Waals surface area contributed by atoms with E-state index < -0.39 is 0 Å². The van der Waals surface area contributed by atoms with Gasteiger partial charge in [0, 0.05) is 23.3 Å². The third-order valence-corrected chi connectivity index (χ3v) is 3.04. The minimum Gasteiger partial charge on any atom is -0.331 e. The molecule has 2 rings (SSSR count). The maximum absolute atomic E-state index is 4.14. The maximum atomic E-state index is 4.14. The van der Waals surface area contributed by atoms with Crippen molar-refractivity contribution in [2.45, 2.75) is 25.3 Å². The molecule has 11 heavy (non-hydrogen) atoms. The van der Waals surface area contributed by atoms with Crippen molar-refractivity contribution in [3.63, 3.8) is 0 Å². The maximum Gasteiger partial charge on any atom is 0.0951 e. The second-order valence-electron chi connectivity index (χ2n) is 2.99. The third-order valence-electron chi connectivity index (χ3n) is 2.29. The van der Waals surface area contributed by atoms with Gasteiger partial charge in [-0.15, -0.1) is 0 Å². The minimum absolute atomic E-state index is 0.640. The fraction of sp³-hybridized carbons (Fsp3) is 0.625. The first-order chi connectivity index (χ1) is 5.42. The van der Waals surface area contributed by atoms with Gasteiger partial charge in [0.1, 0.15) is 0 Å². The number of hydrogen-bond acceptors (Lipinski definition) is 1. The van der Waals surface area contributed by atoms with E-state index in [9.17, 15) is 0 Å². The van der Waals surface area contributed by atoms with Crippen LogP contribution in [0.2, 0.25) is 0 Å². The molecule has 0 N–H and O–H groups in total. The van der Waals surface area contributed by atoms with Crippen molar-refractivity contribution in [3.05, 3.63) is 18.2 Å². The number of aryl methyl sites for hydroxylation is 1. The zero-order valence-corrected chi connectivity index (χ0v) is 7.92. The Balaban J connectivity index is 2.32. The average Bonchev–Trinajstić information content (AvgIpc) is 2.50. The predicted octanol–water partition coefficient (Wildman–Crippen LogP) is 2.16. The van der Waals surface area contributed by atoms with Crippen LogP contribution in [0.3, 0.4) is 0 Å². The molecule has 0 saturated heterocycles. The molecule has 0 fully saturated rings. The fourth-order valence-corrected chi connectivity index (χ4v) is 2.30. The average molecular weight is 215 g/mol. The number of fused-ring (bicyclic) bond motifs is 1. The van der Waals surface area contributed by atoms with Crippen LogP contribution in [-0.2, 0) is 6.42 Å². The Hall–Kier alpha value is -0.310. The lowest BCUT2D eigenvalue weighted by Crippen LogP contribution is -2.17. The summed E-state index contributed by atoms with van der Waals surface area (Å²) >= 11 is 3.52. The van der Waals surface area contributed by atoms with Gasteiger partial charge < -0.3 is 4.57 Å². The highest BCUT2D eigenvalue weighted by atomic mass is 79.9. The summed E-state index contributed by atoms with van der Waals surface area (Å²) < 4.78 is 2.29. The summed E-state index contributed by atoms with van der Waals surface area (Å²) in [6, 6.07) is 0.640. The standard InChI is InChI=1S/C8H11BrN2/c9-4-7-2-1-3-8-5-10-6-11(7)8/h5-7H,1-4H2. The highest BCUT2D eigenvalue weighted by Gasteiger charge is 2.17. The van der Waals surface area contributed by atoms with Crippen LogP contribution in [-0.4, -0.2) is 14.9 Å². The Morgan fingerprint density at radius 2 is 2.64 bits per heavy atom. The van der Waals surface area contributed by atoms with Crippen LogP contribution in [0, 0.1) is 0 Å². The molecular formula is C8H11BrN2. The third kappa shape index (κ3) is 1.22. The van der Waals surface area contributed by atoms with E-state index >= 15 is 0 Å². The van der Waals surface area contributed by atoms with Crippen LogP contribution in [0.4, 0.5) is 0 Å². The quantitative estimate of drug-likeness (QED) is 0.656. The van der Waals surface area contributed by atoms with Gasteiger partial charge in [-0.25, -0.2) is 4.98 Å². The molecule has 0 spiro atoms. The molecule has 0 saturated carbocycles. The van der Waals surface area contributed by atoms with E-state index in [2.05, 4.69) is 25.5 Å². The lowest BCUT2D eigenvalue weighted by atomic mass is 10.0. The number of rotatable bonds is 1. The minimum atomic E-state index is 0.640. The SMILES string of the molecule is BrCC1CCCc2cncn21. The van der Waals surface area contributed by atoms with Gasteiger partial charge in [0.25, 0.3) is 0 Å². The van der Waals surface area contributed by atoms with E-state index in [4.69, 9.17) is 0 Å². The Morgan fingerprint density at radius 3 is 3.45 bits per heavy atom. The smallest absolute Gasteiger partial charge is 0.0951 e. The van der Waals surface area contributed by atoms with Crippen molar-refractivity contribution in [1.82, 2.24) is 9.55 Å². The Morgan fingerprint density at radius 1 is 1.73 bits per heavy atom. The lowest BCUT2D eigenvalue weighted by molar-refractivity contribution is 0.440. The van der Waals surface area contributed by atoms with Crippen molar-refractivity contribution < 1.29 is 0 Å². The van der Waals surface area contributed by atoms with E-state index in [0.29, 0.717) is 6.04 Å². The van der Waals surface area contributed by atoms with Crippen molar-refractivity contribution in [3.8, 4) is 0 Å². The number of halogens is 1. The van der Waals surface area contributed by atoms with E-state index in [1.165, 1.54) is 25.0 Å². The molecule has 2 heterocycles. The van der Waals surface area contributed by atoms with Gasteiger partial charge in [0.05, 0.1) is 6.33 Å². The second kappa shape index (κ2) is 2.97. The summed E-state index contributed by atoms with van der Waals surface area (Å²) in [6.45, 7) is 0. The molecule has 0 bridgehead atoms. The summed E-state index contributed by atoms with van der Waals surface area (Å²) in [4.78, 5) is 4.14. The second-order valence-corrected chi connectivity index (χ2v) is 3.64. The molecule has 1 aliphatic rings. The number of aromatic nitrogens is 2. The first-order valence-electron chi connectivity index (χ1n) is 3.98. The van der Waals surface area contributed by atoms with Gasteiger partial charge in [0.2, 0.25) is 0 Å². The largest absolute Gasteiger partial charge is 0.331 e. The topological polar surface area (TPSA) is 17.8 Å². The molecule has 0 aromatic carbocycles. The summed E-state index contributed by atoms with van der Waals surface area (Å²) in [7, 11) is 0. The van der Waals surface area contributed by atoms with Gasteiger partial charge in [-0.3, -0.25) is 0 Å². The van der Waals surface area contributed by atoms with Crippen molar-refractivity contribution in [2.24, 2.45) is 0 Å². The summed E-state index contributed by atoms with van der Waals surface area (Å²) in [5.74, 6) is 0. The van der Waals surface area contributed by atoms with E-state index in [0.717, 1.165) is 5.33 Å². The Bertz CT molecular complexity index is 244. The first-order valence-corrected chi connectivity index (χ1v) is 5.10. The normalized spacial score (nSPS) is 23.2. The monoisotopic (exact) mass is 214 g/mol. The zero-order valence-electron chi connectivity index (χ0n) is 6.33. The number of alkyl halides is 1. The summed E-state index contributed by atoms with van der Waals surface area (Å²) in [5.41, 5.74) is 1.39. The summed E-state index contributed by atoms with van der Waals surface area (Å²) in [6.07, 6.45) is 7.72. The molecule has 0 radical (unpaired) electrons. The van der Waals surface area contributed by atoms with Crippen molar-refractivity contribution in [1.29, 1.82) is 0 Å². The van der Waals surface area contributed by atoms with Crippen LogP contribution < -0.4 is 0 Å². The van der Waals surface area contributed by atoms with Crippen LogP contribution in [0.1, 0.15) is 24.6 Å². The van der Waals surface area contributed by atoms with Crippen LogP contribution in [0.15, 0.2) is 12.5 Å². The van der Waals surface area contributed by atoms with E-state index in [1.807, 2.05) is 12.5 Å². The van der Waals surface area contributed by atoms with E-state index in [-0.39, 0.29) is 0 Å². The number of hydrogen-bond donors (Lipinski definition) is 0. The molecule has 1 aromatic rings. The van der Waals surface area contributed by atoms with Crippen molar-refractivity contribution in [2.75, 3.05) is 5.33 Å². The van der Waals surface area contributed by atoms with Crippen LogP contribution in [0.5, 0.6) is 0 Å². The number of imidazole rings is 1. The molecule has 1 aliphatic heterocycles. The molecule has 1 unspecified atom stereocenters. The van der Waals surface area contributed by atoms with Gasteiger partial charge in [-0.1, -0.05) is 15.9 Å². The summed E-state index contributed by atoms with van der Waals surface area (Å²) in [5, 5.41) is 1.05. The van der Waals surface area contributed by atoms with Crippen LogP contribution in [0.25, 0.3) is 0 Å². The fourth-order valence-electron chi connectivity index (χ4n) is 1.66. The highest BCUT2D eigenvalue weighted by molar-refractivity contribution is 9.09. The molecule has 60 valence electrons. The molecule has 1 aromatic heterocycles. The molecule has 2 nitrogen and oxygen atoms in total. The molecular weight excluding hydrogens is 204 g/mol. The van der Waals surface area contributed by atoms with Crippen molar-refractivity contribution >= 4 is 15.9 Å².